The number of fused-ring (bicyclic) bond motifs is 6. The number of thioether (sulfide) groups is 2. The average molecular weight is 570 g/mol. The second kappa shape index (κ2) is 9.71. The fraction of sp³-hybridized carbons (Fsp3) is 0.400. The first-order valence-electron chi connectivity index (χ1n) is 12.0. The lowest BCUT2D eigenvalue weighted by Crippen LogP contribution is -2.21. The van der Waals surface area contributed by atoms with Crippen molar-refractivity contribution in [2.75, 3.05) is 11.1 Å². The number of hydrogen-bond acceptors (Lipinski definition) is 7. The van der Waals surface area contributed by atoms with Crippen LogP contribution >= 0.6 is 39.5 Å². The van der Waals surface area contributed by atoms with E-state index >= 15 is 0 Å². The zero-order chi connectivity index (χ0) is 23.9. The molecule has 0 saturated heterocycles. The van der Waals surface area contributed by atoms with Crippen LogP contribution in [-0.2, 0) is 4.79 Å². The number of halogens is 1. The highest BCUT2D eigenvalue weighted by molar-refractivity contribution is 9.10. The number of aliphatic imine (C=N–C) groups is 1. The summed E-state index contributed by atoms with van der Waals surface area (Å²) in [6.07, 6.45) is 8.78. The maximum Gasteiger partial charge on any atom is 0.234 e. The molecule has 0 saturated carbocycles. The second-order valence-electron chi connectivity index (χ2n) is 9.00. The third-order valence-corrected chi connectivity index (χ3v) is 9.44. The molecule has 6 rings (SSSR count). The van der Waals surface area contributed by atoms with Crippen molar-refractivity contribution in [1.82, 2.24) is 19.6 Å². The lowest BCUT2D eigenvalue weighted by Gasteiger charge is -2.26. The largest absolute Gasteiger partial charge is 0.325 e. The Bertz CT molecular complexity index is 1370. The zero-order valence-electron chi connectivity index (χ0n) is 19.3. The van der Waals surface area contributed by atoms with Crippen LogP contribution in [0.4, 0.5) is 5.69 Å². The molecule has 1 aromatic carbocycles. The van der Waals surface area contributed by atoms with Gasteiger partial charge in [-0.1, -0.05) is 58.4 Å². The number of carbonyl (C=O) groups is 1. The number of aromatic nitrogens is 4. The normalized spacial score (nSPS) is 20.6. The summed E-state index contributed by atoms with van der Waals surface area (Å²) in [7, 11) is 0. The van der Waals surface area contributed by atoms with E-state index in [1.807, 2.05) is 35.0 Å². The predicted octanol–water partition coefficient (Wildman–Crippen LogP) is 6.26. The topological polar surface area (TPSA) is 84.5 Å². The van der Waals surface area contributed by atoms with Crippen LogP contribution in [0.25, 0.3) is 5.65 Å². The van der Waals surface area contributed by atoms with Crippen molar-refractivity contribution >= 4 is 62.4 Å². The third kappa shape index (κ3) is 4.34. The molecule has 0 bridgehead atoms. The van der Waals surface area contributed by atoms with Gasteiger partial charge in [0.15, 0.2) is 10.8 Å². The molecule has 2 aliphatic heterocycles. The van der Waals surface area contributed by atoms with Crippen LogP contribution in [0.5, 0.6) is 0 Å². The lowest BCUT2D eigenvalue weighted by atomic mass is 9.87. The summed E-state index contributed by atoms with van der Waals surface area (Å²) in [4.78, 5) is 23.7. The minimum atomic E-state index is -0.0850. The molecule has 10 heteroatoms. The van der Waals surface area contributed by atoms with Crippen molar-refractivity contribution in [3.63, 3.8) is 0 Å². The summed E-state index contributed by atoms with van der Waals surface area (Å²) >= 11 is 6.55. The first kappa shape index (κ1) is 23.2. The second-order valence-corrected chi connectivity index (χ2v) is 12.0. The highest BCUT2D eigenvalue weighted by Gasteiger charge is 2.44. The standard InChI is InChI=1S/C25H25BrN6OS2/c1-2-3-7-18-16-5-4-6-17(16)20-21-22(35-24(20)29-18)23-30-31-25(32(23)13-27-21)34-12-19(33)28-15-10-8-14(26)9-11-15/h8-11,13,20,24H,2-7,12H2,1H3,(H,28,33)/t20-,24-/m0/s1. The van der Waals surface area contributed by atoms with Crippen LogP contribution < -0.4 is 5.32 Å². The Labute approximate surface area is 220 Å². The van der Waals surface area contributed by atoms with Gasteiger partial charge in [0.2, 0.25) is 5.91 Å². The van der Waals surface area contributed by atoms with Gasteiger partial charge >= 0.3 is 0 Å². The molecule has 3 aromatic rings. The van der Waals surface area contributed by atoms with Crippen molar-refractivity contribution in [2.24, 2.45) is 4.99 Å². The molecule has 0 radical (unpaired) electrons. The van der Waals surface area contributed by atoms with Gasteiger partial charge in [-0.3, -0.25) is 14.2 Å². The van der Waals surface area contributed by atoms with E-state index in [0.717, 1.165) is 45.7 Å². The van der Waals surface area contributed by atoms with E-state index in [1.54, 1.807) is 17.3 Å². The molecule has 0 unspecified atom stereocenters. The number of unbranched alkanes of at least 4 members (excludes halogenated alkanes) is 1. The molecular weight excluding hydrogens is 544 g/mol. The molecule has 7 nitrogen and oxygen atoms in total. The van der Waals surface area contributed by atoms with E-state index in [-0.39, 0.29) is 23.0 Å². The minimum Gasteiger partial charge on any atom is -0.325 e. The highest BCUT2D eigenvalue weighted by Crippen LogP contribution is 2.55. The van der Waals surface area contributed by atoms with Gasteiger partial charge in [0.1, 0.15) is 11.7 Å². The van der Waals surface area contributed by atoms with Gasteiger partial charge in [0.05, 0.1) is 22.3 Å². The Morgan fingerprint density at radius 2 is 2.11 bits per heavy atom. The average Bonchev–Trinajstić information content (AvgIpc) is 3.58. The van der Waals surface area contributed by atoms with E-state index in [9.17, 15) is 4.79 Å². The van der Waals surface area contributed by atoms with E-state index in [1.165, 1.54) is 42.3 Å². The Kier molecular flexibility index (Phi) is 6.45. The first-order valence-corrected chi connectivity index (χ1v) is 14.7. The smallest absolute Gasteiger partial charge is 0.234 e. The van der Waals surface area contributed by atoms with Crippen molar-refractivity contribution in [2.45, 2.75) is 66.8 Å². The Morgan fingerprint density at radius 1 is 1.26 bits per heavy atom. The quantitative estimate of drug-likeness (QED) is 0.338. The van der Waals surface area contributed by atoms with Crippen molar-refractivity contribution in [3.05, 3.63) is 51.9 Å². The zero-order valence-corrected chi connectivity index (χ0v) is 22.5. The van der Waals surface area contributed by atoms with Gasteiger partial charge in [0.25, 0.3) is 0 Å². The lowest BCUT2D eigenvalue weighted by molar-refractivity contribution is -0.113. The van der Waals surface area contributed by atoms with E-state index in [2.05, 4.69) is 38.4 Å². The van der Waals surface area contributed by atoms with Crippen LogP contribution in [0, 0.1) is 0 Å². The molecule has 3 aliphatic rings. The Morgan fingerprint density at radius 3 is 2.94 bits per heavy atom. The van der Waals surface area contributed by atoms with Crippen molar-refractivity contribution in [3.8, 4) is 0 Å². The number of nitrogens with one attached hydrogen (secondary N) is 1. The number of allylic oxidation sites excluding steroid dienone is 1. The molecule has 1 N–H and O–H groups in total. The number of carbonyl (C=O) groups excluding carboxylic acids is 1. The first-order chi connectivity index (χ1) is 17.1. The number of benzene rings is 1. The summed E-state index contributed by atoms with van der Waals surface area (Å²) in [6.45, 7) is 2.24. The monoisotopic (exact) mass is 568 g/mol. The van der Waals surface area contributed by atoms with E-state index in [0.29, 0.717) is 5.16 Å². The predicted molar refractivity (Wildman–Crippen MR) is 145 cm³/mol. The maximum atomic E-state index is 12.5. The molecule has 4 heterocycles. The van der Waals surface area contributed by atoms with Gasteiger partial charge in [-0.15, -0.1) is 10.2 Å². The van der Waals surface area contributed by atoms with E-state index in [4.69, 9.17) is 9.98 Å². The maximum absolute atomic E-state index is 12.5. The summed E-state index contributed by atoms with van der Waals surface area (Å²) in [6, 6.07) is 7.53. The van der Waals surface area contributed by atoms with Crippen molar-refractivity contribution < 1.29 is 4.79 Å². The number of rotatable bonds is 7. The van der Waals surface area contributed by atoms with Gasteiger partial charge in [-0.2, -0.15) is 0 Å². The number of dihydropyridines is 1. The molecule has 1 amide bonds. The fourth-order valence-corrected chi connectivity index (χ4v) is 7.48. The number of nitrogens with zero attached hydrogens (tertiary/aromatic N) is 5. The molecule has 1 aliphatic carbocycles. The Balaban J connectivity index is 1.22. The van der Waals surface area contributed by atoms with Gasteiger partial charge < -0.3 is 5.32 Å². The number of anilines is 1. The van der Waals surface area contributed by atoms with Crippen LogP contribution in [0.3, 0.4) is 0 Å². The molecule has 0 fully saturated rings. The van der Waals surface area contributed by atoms with Gasteiger partial charge in [-0.25, -0.2) is 4.98 Å². The van der Waals surface area contributed by atoms with Crippen LogP contribution in [0.15, 0.2) is 61.3 Å². The summed E-state index contributed by atoms with van der Waals surface area (Å²) < 4.78 is 2.88. The highest BCUT2D eigenvalue weighted by atomic mass is 79.9. The molecule has 2 atom stereocenters. The summed E-state index contributed by atoms with van der Waals surface area (Å²) in [5, 5.41) is 12.6. The molecule has 0 spiro atoms. The SMILES string of the molecule is CCCCC1=N[C@H]2Sc3c(ncn4c(SCC(=O)Nc5ccc(Br)cc5)nnc34)[C@@H]2C2=C1CCC2. The minimum absolute atomic E-state index is 0.0850. The van der Waals surface area contributed by atoms with Crippen LogP contribution in [-0.4, -0.2) is 42.3 Å². The third-order valence-electron chi connectivity index (χ3n) is 6.73. The van der Waals surface area contributed by atoms with Crippen molar-refractivity contribution in [1.29, 1.82) is 0 Å². The molecule has 2 aromatic heterocycles. The molecule has 180 valence electrons. The number of hydrogen-bond donors (Lipinski definition) is 1. The van der Waals surface area contributed by atoms with Crippen LogP contribution in [0.2, 0.25) is 0 Å². The Hall–Kier alpha value is -2.17. The summed E-state index contributed by atoms with van der Waals surface area (Å²) in [5.41, 5.74) is 7.06. The molecule has 35 heavy (non-hydrogen) atoms. The molecular formula is C25H25BrN6OS2. The van der Waals surface area contributed by atoms with Gasteiger partial charge in [-0.05, 0) is 61.9 Å². The van der Waals surface area contributed by atoms with E-state index < -0.39 is 0 Å². The number of amides is 1. The summed E-state index contributed by atoms with van der Waals surface area (Å²) in [5.74, 6) is 0.416. The fourth-order valence-electron chi connectivity index (χ4n) is 5.12. The van der Waals surface area contributed by atoms with Gasteiger partial charge in [0, 0.05) is 15.9 Å². The van der Waals surface area contributed by atoms with Crippen LogP contribution in [0.1, 0.15) is 57.1 Å².